The first-order valence-corrected chi connectivity index (χ1v) is 6.99. The molecule has 0 saturated heterocycles. The van der Waals surface area contributed by atoms with Crippen LogP contribution in [0.1, 0.15) is 18.9 Å². The molecule has 1 heterocycles. The maximum atomic E-state index is 5.49. The van der Waals surface area contributed by atoms with Crippen molar-refractivity contribution in [2.45, 2.75) is 19.8 Å². The lowest BCUT2D eigenvalue weighted by atomic mass is 10.0. The van der Waals surface area contributed by atoms with Crippen LogP contribution in [-0.4, -0.2) is 31.2 Å². The number of nitrogens with zero attached hydrogens (tertiary/aromatic N) is 2. The molecule has 0 aliphatic rings. The van der Waals surface area contributed by atoms with Gasteiger partial charge in [0, 0.05) is 12.6 Å². The van der Waals surface area contributed by atoms with Crippen molar-refractivity contribution in [3.63, 3.8) is 0 Å². The van der Waals surface area contributed by atoms with Gasteiger partial charge in [0.2, 0.25) is 0 Å². The molecular weight excluding hydrogens is 266 g/mol. The van der Waals surface area contributed by atoms with Gasteiger partial charge in [-0.2, -0.15) is 0 Å². The Morgan fingerprint density at radius 2 is 1.76 bits per heavy atom. The SMILES string of the molecule is CCCc1c(NC)ncnc1-c1c(OC)cccc1OC. The van der Waals surface area contributed by atoms with Crippen LogP contribution in [0.2, 0.25) is 0 Å². The van der Waals surface area contributed by atoms with E-state index in [0.717, 1.165) is 47.0 Å². The Hall–Kier alpha value is -2.30. The predicted molar refractivity (Wildman–Crippen MR) is 84.1 cm³/mol. The lowest BCUT2D eigenvalue weighted by molar-refractivity contribution is 0.397. The fourth-order valence-corrected chi connectivity index (χ4v) is 2.41. The summed E-state index contributed by atoms with van der Waals surface area (Å²) in [7, 11) is 5.17. The van der Waals surface area contributed by atoms with E-state index in [1.54, 1.807) is 20.5 Å². The largest absolute Gasteiger partial charge is 0.496 e. The monoisotopic (exact) mass is 287 g/mol. The highest BCUT2D eigenvalue weighted by molar-refractivity contribution is 5.78. The molecule has 0 amide bonds. The standard InChI is InChI=1S/C16H21N3O2/c1-5-7-11-15(18-10-19-16(11)17-2)14-12(20-3)8-6-9-13(14)21-4/h6,8-10H,5,7H2,1-4H3,(H,17,18,19). The summed E-state index contributed by atoms with van der Waals surface area (Å²) in [6.45, 7) is 2.13. The zero-order valence-corrected chi connectivity index (χ0v) is 12.9. The quantitative estimate of drug-likeness (QED) is 0.884. The molecule has 0 aliphatic carbocycles. The predicted octanol–water partition coefficient (Wildman–Crippen LogP) is 3.16. The molecule has 1 N–H and O–H groups in total. The minimum absolute atomic E-state index is 0.743. The van der Waals surface area contributed by atoms with Gasteiger partial charge in [-0.25, -0.2) is 9.97 Å². The second-order valence-electron chi connectivity index (χ2n) is 4.59. The third kappa shape index (κ3) is 2.91. The number of rotatable bonds is 6. The van der Waals surface area contributed by atoms with Crippen molar-refractivity contribution in [1.82, 2.24) is 9.97 Å². The minimum Gasteiger partial charge on any atom is -0.496 e. The molecule has 112 valence electrons. The fourth-order valence-electron chi connectivity index (χ4n) is 2.41. The van der Waals surface area contributed by atoms with Crippen LogP contribution >= 0.6 is 0 Å². The van der Waals surface area contributed by atoms with E-state index in [2.05, 4.69) is 22.2 Å². The van der Waals surface area contributed by atoms with Crippen LogP contribution in [0.25, 0.3) is 11.3 Å². The van der Waals surface area contributed by atoms with Crippen molar-refractivity contribution in [1.29, 1.82) is 0 Å². The van der Waals surface area contributed by atoms with Crippen LogP contribution < -0.4 is 14.8 Å². The highest BCUT2D eigenvalue weighted by Crippen LogP contribution is 2.40. The molecule has 5 nitrogen and oxygen atoms in total. The van der Waals surface area contributed by atoms with Gasteiger partial charge < -0.3 is 14.8 Å². The third-order valence-electron chi connectivity index (χ3n) is 3.35. The molecular formula is C16H21N3O2. The Labute approximate surface area is 125 Å². The van der Waals surface area contributed by atoms with Crippen LogP contribution in [0.3, 0.4) is 0 Å². The second kappa shape index (κ2) is 6.92. The summed E-state index contributed by atoms with van der Waals surface area (Å²) in [6, 6.07) is 5.73. The summed E-state index contributed by atoms with van der Waals surface area (Å²) < 4.78 is 11.0. The van der Waals surface area contributed by atoms with Crippen LogP contribution in [0.5, 0.6) is 11.5 Å². The van der Waals surface area contributed by atoms with E-state index in [1.165, 1.54) is 0 Å². The molecule has 0 radical (unpaired) electrons. The van der Waals surface area contributed by atoms with Gasteiger partial charge in [-0.3, -0.25) is 0 Å². The van der Waals surface area contributed by atoms with Crippen LogP contribution in [0.4, 0.5) is 5.82 Å². The van der Waals surface area contributed by atoms with E-state index in [9.17, 15) is 0 Å². The first-order valence-electron chi connectivity index (χ1n) is 6.99. The van der Waals surface area contributed by atoms with Crippen molar-refractivity contribution < 1.29 is 9.47 Å². The number of benzene rings is 1. The third-order valence-corrected chi connectivity index (χ3v) is 3.35. The summed E-state index contributed by atoms with van der Waals surface area (Å²) in [4.78, 5) is 8.79. The van der Waals surface area contributed by atoms with Gasteiger partial charge in [-0.15, -0.1) is 0 Å². The van der Waals surface area contributed by atoms with Crippen molar-refractivity contribution >= 4 is 5.82 Å². The Morgan fingerprint density at radius 1 is 1.10 bits per heavy atom. The molecule has 0 atom stereocenters. The molecule has 1 aromatic carbocycles. The van der Waals surface area contributed by atoms with Crippen LogP contribution in [-0.2, 0) is 6.42 Å². The van der Waals surface area contributed by atoms with Crippen molar-refractivity contribution in [2.24, 2.45) is 0 Å². The van der Waals surface area contributed by atoms with Gasteiger partial charge in [0.1, 0.15) is 23.6 Å². The summed E-state index contributed by atoms with van der Waals surface area (Å²) in [5.74, 6) is 2.33. The number of aromatic nitrogens is 2. The number of nitrogens with one attached hydrogen (secondary N) is 1. The van der Waals surface area contributed by atoms with E-state index in [4.69, 9.17) is 9.47 Å². The average molecular weight is 287 g/mol. The van der Waals surface area contributed by atoms with Gasteiger partial charge >= 0.3 is 0 Å². The van der Waals surface area contributed by atoms with E-state index in [-0.39, 0.29) is 0 Å². The Bertz CT molecular complexity index is 592. The summed E-state index contributed by atoms with van der Waals surface area (Å²) in [5, 5.41) is 3.13. The molecule has 2 rings (SSSR count). The highest BCUT2D eigenvalue weighted by atomic mass is 16.5. The molecule has 5 heteroatoms. The van der Waals surface area contributed by atoms with Crippen molar-refractivity contribution in [3.05, 3.63) is 30.1 Å². The zero-order valence-electron chi connectivity index (χ0n) is 12.9. The lowest BCUT2D eigenvalue weighted by Crippen LogP contribution is -2.04. The highest BCUT2D eigenvalue weighted by Gasteiger charge is 2.19. The maximum absolute atomic E-state index is 5.49. The lowest BCUT2D eigenvalue weighted by Gasteiger charge is -2.17. The van der Waals surface area contributed by atoms with E-state index in [1.807, 2.05) is 25.2 Å². The molecule has 1 aromatic heterocycles. The number of anilines is 1. The summed E-state index contributed by atoms with van der Waals surface area (Å²) in [5.41, 5.74) is 2.79. The molecule has 21 heavy (non-hydrogen) atoms. The first-order chi connectivity index (χ1) is 10.3. The average Bonchev–Trinajstić information content (AvgIpc) is 2.54. The van der Waals surface area contributed by atoms with Gasteiger partial charge in [-0.05, 0) is 18.6 Å². The first kappa shape index (κ1) is 15.1. The number of hydrogen-bond donors (Lipinski definition) is 1. The number of methoxy groups -OCH3 is 2. The van der Waals surface area contributed by atoms with Crippen molar-refractivity contribution in [3.8, 4) is 22.8 Å². The normalized spacial score (nSPS) is 10.3. The maximum Gasteiger partial charge on any atom is 0.132 e. The zero-order chi connectivity index (χ0) is 15.2. The van der Waals surface area contributed by atoms with Crippen LogP contribution in [0.15, 0.2) is 24.5 Å². The molecule has 0 spiro atoms. The van der Waals surface area contributed by atoms with Gasteiger partial charge in [0.15, 0.2) is 0 Å². The fraction of sp³-hybridized carbons (Fsp3) is 0.375. The molecule has 0 bridgehead atoms. The molecule has 0 aliphatic heterocycles. The smallest absolute Gasteiger partial charge is 0.132 e. The van der Waals surface area contributed by atoms with E-state index in [0.29, 0.717) is 0 Å². The topological polar surface area (TPSA) is 56.3 Å². The molecule has 0 fully saturated rings. The number of ether oxygens (including phenoxy) is 2. The Balaban J connectivity index is 2.71. The Morgan fingerprint density at radius 3 is 2.29 bits per heavy atom. The van der Waals surface area contributed by atoms with Crippen LogP contribution in [0, 0.1) is 0 Å². The molecule has 2 aromatic rings. The minimum atomic E-state index is 0.743. The van der Waals surface area contributed by atoms with Gasteiger partial charge in [0.05, 0.1) is 25.5 Å². The Kier molecular flexibility index (Phi) is 4.98. The van der Waals surface area contributed by atoms with E-state index >= 15 is 0 Å². The summed E-state index contributed by atoms with van der Waals surface area (Å²) >= 11 is 0. The molecule has 0 unspecified atom stereocenters. The molecule has 0 saturated carbocycles. The van der Waals surface area contributed by atoms with Gasteiger partial charge in [-0.1, -0.05) is 19.4 Å². The summed E-state index contributed by atoms with van der Waals surface area (Å²) in [6.07, 6.45) is 3.45. The number of hydrogen-bond acceptors (Lipinski definition) is 5. The second-order valence-corrected chi connectivity index (χ2v) is 4.59. The van der Waals surface area contributed by atoms with E-state index < -0.39 is 0 Å². The van der Waals surface area contributed by atoms with Crippen molar-refractivity contribution in [2.75, 3.05) is 26.6 Å². The van der Waals surface area contributed by atoms with Gasteiger partial charge in [0.25, 0.3) is 0 Å².